The van der Waals surface area contributed by atoms with Crippen molar-refractivity contribution in [2.45, 2.75) is 13.0 Å². The highest BCUT2D eigenvalue weighted by atomic mass is 16.2. The number of nitrogens with zero attached hydrogens (tertiary/aromatic N) is 3. The molecule has 0 saturated carbocycles. The summed E-state index contributed by atoms with van der Waals surface area (Å²) in [5.41, 5.74) is 2.59. The molecule has 0 bridgehead atoms. The molecule has 5 nitrogen and oxygen atoms in total. The van der Waals surface area contributed by atoms with Crippen molar-refractivity contribution in [3.05, 3.63) is 66.1 Å². The average Bonchev–Trinajstić information content (AvgIpc) is 2.77. The van der Waals surface area contributed by atoms with Crippen molar-refractivity contribution < 1.29 is 4.79 Å². The first-order valence-electron chi connectivity index (χ1n) is 6.69. The maximum atomic E-state index is 12.4. The van der Waals surface area contributed by atoms with Gasteiger partial charge in [0.25, 0.3) is 5.91 Å². The number of fused-ring (bicyclic) bond motifs is 1. The molecule has 0 fully saturated rings. The SMILES string of the molecule is CC(NC(=O)c1nnc2cccccc1-2)c1ccccn1. The molecule has 5 heteroatoms. The zero-order chi connectivity index (χ0) is 14.7. The number of hydrogen-bond acceptors (Lipinski definition) is 4. The van der Waals surface area contributed by atoms with Gasteiger partial charge < -0.3 is 5.32 Å². The molecule has 0 radical (unpaired) electrons. The van der Waals surface area contributed by atoms with Crippen LogP contribution in [0.2, 0.25) is 0 Å². The molecule has 21 heavy (non-hydrogen) atoms. The van der Waals surface area contributed by atoms with Crippen LogP contribution in [0.1, 0.15) is 29.1 Å². The van der Waals surface area contributed by atoms with Crippen LogP contribution in [0.3, 0.4) is 0 Å². The third kappa shape index (κ3) is 2.72. The minimum absolute atomic E-state index is 0.192. The second-order valence-corrected chi connectivity index (χ2v) is 4.71. The van der Waals surface area contributed by atoms with Crippen molar-refractivity contribution in [1.82, 2.24) is 20.5 Å². The van der Waals surface area contributed by atoms with Crippen LogP contribution in [0.15, 0.2) is 54.7 Å². The van der Waals surface area contributed by atoms with Gasteiger partial charge in [-0.05, 0) is 25.1 Å². The molecule has 1 aliphatic carbocycles. The monoisotopic (exact) mass is 278 g/mol. The number of carbonyl (C=O) groups excluding carboxylic acids is 1. The van der Waals surface area contributed by atoms with E-state index in [1.165, 1.54) is 0 Å². The molecule has 1 unspecified atom stereocenters. The Labute approximate surface area is 122 Å². The minimum atomic E-state index is -0.248. The van der Waals surface area contributed by atoms with Gasteiger partial charge in [-0.3, -0.25) is 9.78 Å². The second kappa shape index (κ2) is 5.66. The van der Waals surface area contributed by atoms with Gasteiger partial charge in [0.15, 0.2) is 5.69 Å². The standard InChI is InChI=1S/C16H14N4O/c1-11(13-8-5-6-10-17-13)18-16(21)15-12-7-3-2-4-9-14(12)19-20-15/h2-11H,1H3,(H,18,21). The fourth-order valence-electron chi connectivity index (χ4n) is 2.12. The third-order valence-corrected chi connectivity index (χ3v) is 3.22. The molecule has 2 aliphatic rings. The van der Waals surface area contributed by atoms with Crippen LogP contribution < -0.4 is 5.32 Å². The summed E-state index contributed by atoms with van der Waals surface area (Å²) in [6, 6.07) is 14.7. The lowest BCUT2D eigenvalue weighted by Gasteiger charge is -2.12. The summed E-state index contributed by atoms with van der Waals surface area (Å²) in [5.74, 6) is -0.248. The Balaban J connectivity index is 1.83. The molecular formula is C16H14N4O. The molecule has 1 N–H and O–H groups in total. The molecule has 1 aliphatic heterocycles. The van der Waals surface area contributed by atoms with Crippen LogP contribution in [0.4, 0.5) is 0 Å². The zero-order valence-electron chi connectivity index (χ0n) is 11.5. The number of pyridine rings is 1. The van der Waals surface area contributed by atoms with Gasteiger partial charge in [-0.25, -0.2) is 0 Å². The van der Waals surface area contributed by atoms with Gasteiger partial charge in [0.05, 0.1) is 17.4 Å². The lowest BCUT2D eigenvalue weighted by Crippen LogP contribution is -2.27. The topological polar surface area (TPSA) is 67.8 Å². The number of hydrogen-bond donors (Lipinski definition) is 1. The van der Waals surface area contributed by atoms with E-state index >= 15 is 0 Å². The third-order valence-electron chi connectivity index (χ3n) is 3.22. The fraction of sp³-hybridized carbons (Fsp3) is 0.125. The normalized spacial score (nSPS) is 12.0. The molecule has 0 aromatic carbocycles. The van der Waals surface area contributed by atoms with Crippen LogP contribution in [0, 0.1) is 0 Å². The van der Waals surface area contributed by atoms with Gasteiger partial charge in [-0.15, -0.1) is 10.2 Å². The summed E-state index contributed by atoms with van der Waals surface area (Å²) < 4.78 is 0. The van der Waals surface area contributed by atoms with Crippen LogP contribution in [0.25, 0.3) is 11.3 Å². The summed E-state index contributed by atoms with van der Waals surface area (Å²) in [4.78, 5) is 16.6. The minimum Gasteiger partial charge on any atom is -0.343 e. The van der Waals surface area contributed by atoms with Gasteiger partial charge in [-0.1, -0.05) is 30.3 Å². The lowest BCUT2D eigenvalue weighted by molar-refractivity contribution is 0.0935. The molecule has 3 rings (SSSR count). The molecule has 1 atom stereocenters. The van der Waals surface area contributed by atoms with Crippen molar-refractivity contribution in [1.29, 1.82) is 0 Å². The first-order chi connectivity index (χ1) is 10.3. The summed E-state index contributed by atoms with van der Waals surface area (Å²) in [6.07, 6.45) is 1.70. The quantitative estimate of drug-likeness (QED) is 0.799. The van der Waals surface area contributed by atoms with Crippen molar-refractivity contribution in [2.24, 2.45) is 0 Å². The summed E-state index contributed by atoms with van der Waals surface area (Å²) >= 11 is 0. The zero-order valence-corrected chi connectivity index (χ0v) is 11.5. The highest BCUT2D eigenvalue weighted by Crippen LogP contribution is 2.22. The van der Waals surface area contributed by atoms with Gasteiger partial charge in [0.1, 0.15) is 0 Å². The van der Waals surface area contributed by atoms with Crippen LogP contribution in [-0.2, 0) is 0 Å². The van der Waals surface area contributed by atoms with Crippen LogP contribution >= 0.6 is 0 Å². The van der Waals surface area contributed by atoms with E-state index in [0.717, 1.165) is 11.3 Å². The van der Waals surface area contributed by atoms with E-state index < -0.39 is 0 Å². The van der Waals surface area contributed by atoms with Crippen molar-refractivity contribution in [3.8, 4) is 11.3 Å². The molecule has 1 amide bonds. The average molecular weight is 278 g/mol. The van der Waals surface area contributed by atoms with Gasteiger partial charge in [0.2, 0.25) is 0 Å². The Morgan fingerprint density at radius 1 is 1.05 bits per heavy atom. The molecule has 1 aromatic rings. The summed E-state index contributed by atoms with van der Waals surface area (Å²) in [5, 5.41) is 10.9. The smallest absolute Gasteiger partial charge is 0.273 e. The Bertz CT molecular complexity index is 729. The molecule has 2 heterocycles. The number of amides is 1. The summed E-state index contributed by atoms with van der Waals surface area (Å²) in [7, 11) is 0. The largest absolute Gasteiger partial charge is 0.343 e. The first-order valence-corrected chi connectivity index (χ1v) is 6.69. The Morgan fingerprint density at radius 3 is 2.67 bits per heavy atom. The van der Waals surface area contributed by atoms with Gasteiger partial charge in [0, 0.05) is 11.8 Å². The first kappa shape index (κ1) is 13.2. The highest BCUT2D eigenvalue weighted by Gasteiger charge is 2.20. The Hall–Kier alpha value is -2.82. The Morgan fingerprint density at radius 2 is 1.86 bits per heavy atom. The highest BCUT2D eigenvalue weighted by molar-refractivity contribution is 5.99. The molecule has 0 saturated heterocycles. The predicted octanol–water partition coefficient (Wildman–Crippen LogP) is 2.47. The van der Waals surface area contributed by atoms with Crippen molar-refractivity contribution >= 4 is 5.91 Å². The van der Waals surface area contributed by atoms with Crippen molar-refractivity contribution in [3.63, 3.8) is 0 Å². The van der Waals surface area contributed by atoms with E-state index in [-0.39, 0.29) is 11.9 Å². The second-order valence-electron chi connectivity index (χ2n) is 4.71. The summed E-state index contributed by atoms with van der Waals surface area (Å²) in [6.45, 7) is 1.89. The molecule has 1 aromatic heterocycles. The van der Waals surface area contributed by atoms with E-state index in [1.54, 1.807) is 6.20 Å². The van der Waals surface area contributed by atoms with E-state index in [1.807, 2.05) is 55.5 Å². The molecule has 104 valence electrons. The lowest BCUT2D eigenvalue weighted by atomic mass is 10.1. The van der Waals surface area contributed by atoms with Crippen LogP contribution in [-0.4, -0.2) is 21.1 Å². The maximum Gasteiger partial charge on any atom is 0.273 e. The van der Waals surface area contributed by atoms with E-state index in [2.05, 4.69) is 20.5 Å². The van der Waals surface area contributed by atoms with Gasteiger partial charge in [-0.2, -0.15) is 0 Å². The fourth-order valence-corrected chi connectivity index (χ4v) is 2.12. The van der Waals surface area contributed by atoms with Crippen molar-refractivity contribution in [2.75, 3.05) is 0 Å². The van der Waals surface area contributed by atoms with E-state index in [9.17, 15) is 4.79 Å². The molecule has 0 spiro atoms. The van der Waals surface area contributed by atoms with E-state index in [0.29, 0.717) is 11.4 Å². The number of nitrogens with one attached hydrogen (secondary N) is 1. The number of aromatic nitrogens is 3. The number of rotatable bonds is 3. The Kier molecular flexibility index (Phi) is 3.55. The predicted molar refractivity (Wildman–Crippen MR) is 78.8 cm³/mol. The van der Waals surface area contributed by atoms with E-state index in [4.69, 9.17) is 0 Å². The molecular weight excluding hydrogens is 264 g/mol. The van der Waals surface area contributed by atoms with Gasteiger partial charge >= 0.3 is 0 Å². The number of carbonyl (C=O) groups is 1. The maximum absolute atomic E-state index is 12.4. The van der Waals surface area contributed by atoms with Crippen LogP contribution in [0.5, 0.6) is 0 Å².